The summed E-state index contributed by atoms with van der Waals surface area (Å²) in [5, 5.41) is 6.28. The van der Waals surface area contributed by atoms with Gasteiger partial charge < -0.3 is 10.6 Å². The van der Waals surface area contributed by atoms with Crippen molar-refractivity contribution < 1.29 is 4.79 Å². The summed E-state index contributed by atoms with van der Waals surface area (Å²) in [6.45, 7) is 2.47. The average molecular weight is 294 g/mol. The van der Waals surface area contributed by atoms with Crippen LogP contribution in [0, 0.1) is 5.92 Å². The normalized spacial score (nSPS) is 17.4. The zero-order chi connectivity index (χ0) is 15.2. The SMILES string of the molecule is O=C(NCCc1cccc(-c2ccccc2)c1)[C@H]1CCNC1. The number of benzene rings is 2. The summed E-state index contributed by atoms with van der Waals surface area (Å²) in [7, 11) is 0. The molecule has 0 unspecified atom stereocenters. The molecule has 1 aliphatic heterocycles. The monoisotopic (exact) mass is 294 g/mol. The van der Waals surface area contributed by atoms with E-state index in [0.717, 1.165) is 25.9 Å². The number of rotatable bonds is 5. The van der Waals surface area contributed by atoms with Gasteiger partial charge >= 0.3 is 0 Å². The predicted molar refractivity (Wildman–Crippen MR) is 89.6 cm³/mol. The third-order valence-electron chi connectivity index (χ3n) is 4.18. The van der Waals surface area contributed by atoms with Crippen molar-refractivity contribution in [2.24, 2.45) is 5.92 Å². The summed E-state index contributed by atoms with van der Waals surface area (Å²) in [5.41, 5.74) is 3.71. The number of hydrogen-bond donors (Lipinski definition) is 2. The van der Waals surface area contributed by atoms with E-state index in [0.29, 0.717) is 6.54 Å². The molecule has 3 heteroatoms. The molecule has 0 bridgehead atoms. The van der Waals surface area contributed by atoms with Gasteiger partial charge in [-0.05, 0) is 36.1 Å². The first-order chi connectivity index (χ1) is 10.8. The maximum atomic E-state index is 12.0. The Bertz CT molecular complexity index is 618. The highest BCUT2D eigenvalue weighted by Crippen LogP contribution is 2.20. The van der Waals surface area contributed by atoms with Gasteiger partial charge in [-0.25, -0.2) is 0 Å². The van der Waals surface area contributed by atoms with Crippen LogP contribution < -0.4 is 10.6 Å². The Morgan fingerprint density at radius 1 is 1.09 bits per heavy atom. The quantitative estimate of drug-likeness (QED) is 0.890. The first-order valence-electron chi connectivity index (χ1n) is 7.96. The lowest BCUT2D eigenvalue weighted by molar-refractivity contribution is -0.124. The first kappa shape index (κ1) is 14.8. The molecule has 0 saturated carbocycles. The lowest BCUT2D eigenvalue weighted by Gasteiger charge is -2.10. The van der Waals surface area contributed by atoms with E-state index in [1.807, 2.05) is 6.07 Å². The summed E-state index contributed by atoms with van der Waals surface area (Å²) >= 11 is 0. The molecule has 2 N–H and O–H groups in total. The van der Waals surface area contributed by atoms with Gasteiger partial charge in [0.2, 0.25) is 5.91 Å². The Morgan fingerprint density at radius 2 is 1.91 bits per heavy atom. The van der Waals surface area contributed by atoms with Gasteiger partial charge in [-0.3, -0.25) is 4.79 Å². The van der Waals surface area contributed by atoms with Crippen LogP contribution in [-0.4, -0.2) is 25.5 Å². The molecule has 1 fully saturated rings. The van der Waals surface area contributed by atoms with Gasteiger partial charge in [0, 0.05) is 13.1 Å². The molecule has 0 spiro atoms. The molecule has 1 aliphatic rings. The molecule has 0 aromatic heterocycles. The molecule has 2 aromatic rings. The van der Waals surface area contributed by atoms with Crippen LogP contribution in [0.3, 0.4) is 0 Å². The molecule has 1 heterocycles. The van der Waals surface area contributed by atoms with Crippen LogP contribution in [0.4, 0.5) is 0 Å². The van der Waals surface area contributed by atoms with Gasteiger partial charge in [0.1, 0.15) is 0 Å². The van der Waals surface area contributed by atoms with E-state index in [4.69, 9.17) is 0 Å². The van der Waals surface area contributed by atoms with Gasteiger partial charge in [0.25, 0.3) is 0 Å². The molecule has 2 aromatic carbocycles. The highest BCUT2D eigenvalue weighted by molar-refractivity contribution is 5.79. The van der Waals surface area contributed by atoms with Gasteiger partial charge in [-0.2, -0.15) is 0 Å². The number of amides is 1. The Morgan fingerprint density at radius 3 is 2.68 bits per heavy atom. The summed E-state index contributed by atoms with van der Waals surface area (Å²) < 4.78 is 0. The summed E-state index contributed by atoms with van der Waals surface area (Å²) in [6, 6.07) is 18.9. The maximum Gasteiger partial charge on any atom is 0.224 e. The third-order valence-corrected chi connectivity index (χ3v) is 4.18. The Labute approximate surface area is 131 Å². The smallest absolute Gasteiger partial charge is 0.224 e. The highest BCUT2D eigenvalue weighted by atomic mass is 16.1. The van der Waals surface area contributed by atoms with Crippen LogP contribution in [-0.2, 0) is 11.2 Å². The number of carbonyl (C=O) groups is 1. The fourth-order valence-electron chi connectivity index (χ4n) is 2.89. The number of hydrogen-bond acceptors (Lipinski definition) is 2. The van der Waals surface area contributed by atoms with Crippen molar-refractivity contribution in [1.29, 1.82) is 0 Å². The van der Waals surface area contributed by atoms with Crippen molar-refractivity contribution >= 4 is 5.91 Å². The van der Waals surface area contributed by atoms with E-state index in [9.17, 15) is 4.79 Å². The molecule has 0 radical (unpaired) electrons. The predicted octanol–water partition coefficient (Wildman–Crippen LogP) is 2.62. The second kappa shape index (κ2) is 7.23. The van der Waals surface area contributed by atoms with Crippen LogP contribution in [0.5, 0.6) is 0 Å². The van der Waals surface area contributed by atoms with Crippen LogP contribution in [0.25, 0.3) is 11.1 Å². The molecule has 0 aliphatic carbocycles. The molecule has 1 atom stereocenters. The van der Waals surface area contributed by atoms with E-state index in [2.05, 4.69) is 59.2 Å². The average Bonchev–Trinajstić information content (AvgIpc) is 3.10. The van der Waals surface area contributed by atoms with Crippen molar-refractivity contribution in [1.82, 2.24) is 10.6 Å². The minimum atomic E-state index is 0.149. The van der Waals surface area contributed by atoms with Crippen molar-refractivity contribution in [2.75, 3.05) is 19.6 Å². The van der Waals surface area contributed by atoms with E-state index in [1.54, 1.807) is 0 Å². The molecule has 22 heavy (non-hydrogen) atoms. The van der Waals surface area contributed by atoms with Crippen molar-refractivity contribution in [3.8, 4) is 11.1 Å². The van der Waals surface area contributed by atoms with Gasteiger partial charge in [-0.1, -0.05) is 54.6 Å². The minimum Gasteiger partial charge on any atom is -0.355 e. The second-order valence-electron chi connectivity index (χ2n) is 5.80. The Balaban J connectivity index is 1.56. The fourth-order valence-corrected chi connectivity index (χ4v) is 2.89. The molecule has 3 nitrogen and oxygen atoms in total. The zero-order valence-corrected chi connectivity index (χ0v) is 12.7. The van der Waals surface area contributed by atoms with Gasteiger partial charge in [0.05, 0.1) is 5.92 Å². The fraction of sp³-hybridized carbons (Fsp3) is 0.316. The van der Waals surface area contributed by atoms with E-state index < -0.39 is 0 Å². The second-order valence-corrected chi connectivity index (χ2v) is 5.80. The van der Waals surface area contributed by atoms with Crippen molar-refractivity contribution in [2.45, 2.75) is 12.8 Å². The number of carbonyl (C=O) groups excluding carboxylic acids is 1. The molecule has 3 rings (SSSR count). The first-order valence-corrected chi connectivity index (χ1v) is 7.96. The van der Waals surface area contributed by atoms with Gasteiger partial charge in [0.15, 0.2) is 0 Å². The molecular formula is C19H22N2O. The summed E-state index contributed by atoms with van der Waals surface area (Å²) in [6.07, 6.45) is 1.82. The van der Waals surface area contributed by atoms with Gasteiger partial charge in [-0.15, -0.1) is 0 Å². The Kier molecular flexibility index (Phi) is 4.86. The zero-order valence-electron chi connectivity index (χ0n) is 12.7. The summed E-state index contributed by atoms with van der Waals surface area (Å²) in [4.78, 5) is 12.0. The van der Waals surface area contributed by atoms with Crippen molar-refractivity contribution in [3.63, 3.8) is 0 Å². The number of nitrogens with one attached hydrogen (secondary N) is 2. The van der Waals surface area contributed by atoms with Crippen molar-refractivity contribution in [3.05, 3.63) is 60.2 Å². The molecule has 1 saturated heterocycles. The minimum absolute atomic E-state index is 0.149. The molecule has 1 amide bonds. The lowest BCUT2D eigenvalue weighted by Crippen LogP contribution is -2.33. The topological polar surface area (TPSA) is 41.1 Å². The third kappa shape index (κ3) is 3.74. The van der Waals surface area contributed by atoms with Crippen LogP contribution in [0.15, 0.2) is 54.6 Å². The van der Waals surface area contributed by atoms with Crippen LogP contribution >= 0.6 is 0 Å². The molecule has 114 valence electrons. The summed E-state index contributed by atoms with van der Waals surface area (Å²) in [5.74, 6) is 0.333. The maximum absolute atomic E-state index is 12.0. The largest absolute Gasteiger partial charge is 0.355 e. The van der Waals surface area contributed by atoms with Crippen LogP contribution in [0.2, 0.25) is 0 Å². The molecular weight excluding hydrogens is 272 g/mol. The highest BCUT2D eigenvalue weighted by Gasteiger charge is 2.21. The van der Waals surface area contributed by atoms with E-state index in [1.165, 1.54) is 16.7 Å². The van der Waals surface area contributed by atoms with E-state index in [-0.39, 0.29) is 11.8 Å². The van der Waals surface area contributed by atoms with E-state index >= 15 is 0 Å². The lowest BCUT2D eigenvalue weighted by atomic mass is 10.0. The Hall–Kier alpha value is -2.13. The standard InChI is InChI=1S/C19H22N2O/c22-19(18-10-11-20-14-18)21-12-9-15-5-4-8-17(13-15)16-6-2-1-3-7-16/h1-8,13,18,20H,9-12,14H2,(H,21,22)/t18-/m0/s1. The van der Waals surface area contributed by atoms with Crippen LogP contribution in [0.1, 0.15) is 12.0 Å².